The quantitative estimate of drug-likeness (QED) is 0.741. The van der Waals surface area contributed by atoms with Crippen molar-refractivity contribution < 1.29 is 13.7 Å². The van der Waals surface area contributed by atoms with Gasteiger partial charge in [0.05, 0.1) is 0 Å². The molecule has 0 saturated carbocycles. The van der Waals surface area contributed by atoms with Crippen LogP contribution in [-0.4, -0.2) is 32.5 Å². The first-order chi connectivity index (χ1) is 11.7. The predicted molar refractivity (Wildman–Crippen MR) is 82.3 cm³/mol. The minimum Gasteiger partial charge on any atom is -0.337 e. The molecule has 0 N–H and O–H groups in total. The van der Waals surface area contributed by atoms with Gasteiger partial charge in [-0.1, -0.05) is 11.2 Å². The number of pyridine rings is 1. The smallest absolute Gasteiger partial charge is 0.254 e. The fourth-order valence-electron chi connectivity index (χ4n) is 2.66. The molecular formula is C17H13FN4O2. The summed E-state index contributed by atoms with van der Waals surface area (Å²) in [4.78, 5) is 22.5. The minimum absolute atomic E-state index is 0.244. The van der Waals surface area contributed by atoms with Crippen LogP contribution in [0.3, 0.4) is 0 Å². The first-order valence-corrected chi connectivity index (χ1v) is 7.53. The Labute approximate surface area is 136 Å². The van der Waals surface area contributed by atoms with Gasteiger partial charge in [0.25, 0.3) is 5.91 Å². The third-order valence-electron chi connectivity index (χ3n) is 4.00. The van der Waals surface area contributed by atoms with Crippen LogP contribution in [0, 0.1) is 5.82 Å². The summed E-state index contributed by atoms with van der Waals surface area (Å²) < 4.78 is 18.6. The average Bonchev–Trinajstić information content (AvgIpc) is 3.04. The minimum atomic E-state index is -0.436. The number of carbonyl (C=O) groups excluding carboxylic acids is 1. The fraction of sp³-hybridized carbons (Fsp3) is 0.176. The van der Waals surface area contributed by atoms with Crippen LogP contribution in [0.5, 0.6) is 0 Å². The third-order valence-corrected chi connectivity index (χ3v) is 4.00. The second-order valence-corrected chi connectivity index (χ2v) is 5.51. The molecule has 1 amide bonds. The summed E-state index contributed by atoms with van der Waals surface area (Å²) in [5.74, 6) is 0.134. The monoisotopic (exact) mass is 324 g/mol. The van der Waals surface area contributed by atoms with Crippen LogP contribution in [-0.2, 0) is 0 Å². The summed E-state index contributed by atoms with van der Waals surface area (Å²) in [5, 5.41) is 3.95. The number of rotatable bonds is 3. The summed E-state index contributed by atoms with van der Waals surface area (Å²) in [6, 6.07) is 8.99. The van der Waals surface area contributed by atoms with Crippen molar-refractivity contribution in [3.8, 4) is 11.4 Å². The molecule has 0 bridgehead atoms. The van der Waals surface area contributed by atoms with E-state index < -0.39 is 5.82 Å². The van der Waals surface area contributed by atoms with E-state index in [4.69, 9.17) is 4.52 Å². The van der Waals surface area contributed by atoms with Gasteiger partial charge in [-0.05, 0) is 36.8 Å². The molecule has 0 unspecified atom stereocenters. The molecular weight excluding hydrogens is 311 g/mol. The third kappa shape index (κ3) is 2.54. The molecule has 0 spiro atoms. The van der Waals surface area contributed by atoms with E-state index in [1.54, 1.807) is 29.4 Å². The number of amides is 1. The van der Waals surface area contributed by atoms with Crippen molar-refractivity contribution in [3.63, 3.8) is 0 Å². The number of hydrogen-bond acceptors (Lipinski definition) is 5. The van der Waals surface area contributed by atoms with Crippen molar-refractivity contribution in [2.75, 3.05) is 6.54 Å². The number of aromatic nitrogens is 3. The molecule has 120 valence electrons. The van der Waals surface area contributed by atoms with Crippen molar-refractivity contribution >= 4 is 5.91 Å². The topological polar surface area (TPSA) is 72.1 Å². The molecule has 1 aliphatic rings. The van der Waals surface area contributed by atoms with Gasteiger partial charge in [-0.2, -0.15) is 4.98 Å². The van der Waals surface area contributed by atoms with Gasteiger partial charge in [0, 0.05) is 30.1 Å². The number of nitrogens with zero attached hydrogens (tertiary/aromatic N) is 4. The van der Waals surface area contributed by atoms with Crippen molar-refractivity contribution in [3.05, 3.63) is 66.1 Å². The van der Waals surface area contributed by atoms with Gasteiger partial charge < -0.3 is 9.42 Å². The number of likely N-dealkylation sites (tertiary alicyclic amines) is 1. The maximum Gasteiger partial charge on any atom is 0.254 e. The van der Waals surface area contributed by atoms with Gasteiger partial charge in [0.1, 0.15) is 11.9 Å². The van der Waals surface area contributed by atoms with Crippen LogP contribution in [0.4, 0.5) is 4.39 Å². The highest BCUT2D eigenvalue weighted by molar-refractivity contribution is 5.94. The second-order valence-electron chi connectivity index (χ2n) is 5.51. The zero-order chi connectivity index (χ0) is 16.5. The summed E-state index contributed by atoms with van der Waals surface area (Å²) in [6.45, 7) is 0.574. The van der Waals surface area contributed by atoms with Gasteiger partial charge in [-0.25, -0.2) is 4.39 Å². The molecule has 6 nitrogen and oxygen atoms in total. The number of hydrogen-bond donors (Lipinski definition) is 0. The molecule has 1 fully saturated rings. The van der Waals surface area contributed by atoms with Crippen LogP contribution in [0.15, 0.2) is 53.3 Å². The Morgan fingerprint density at radius 1 is 1.29 bits per heavy atom. The molecule has 1 aromatic carbocycles. The molecule has 4 rings (SSSR count). The van der Waals surface area contributed by atoms with E-state index in [2.05, 4.69) is 15.1 Å². The molecule has 3 aromatic rings. The summed E-state index contributed by atoms with van der Waals surface area (Å²) in [6.07, 6.45) is 4.04. The van der Waals surface area contributed by atoms with E-state index in [9.17, 15) is 9.18 Å². The first kappa shape index (κ1) is 14.5. The molecule has 3 heterocycles. The Bertz CT molecular complexity index is 881. The highest BCUT2D eigenvalue weighted by Crippen LogP contribution is 2.34. The zero-order valence-electron chi connectivity index (χ0n) is 12.6. The number of benzene rings is 1. The summed E-state index contributed by atoms with van der Waals surface area (Å²) >= 11 is 0. The lowest BCUT2D eigenvalue weighted by Gasteiger charge is -2.38. The Morgan fingerprint density at radius 3 is 2.92 bits per heavy atom. The van der Waals surface area contributed by atoms with Gasteiger partial charge in [0.15, 0.2) is 0 Å². The van der Waals surface area contributed by atoms with E-state index in [0.29, 0.717) is 23.8 Å². The fourth-order valence-corrected chi connectivity index (χ4v) is 2.66. The lowest BCUT2D eigenvalue weighted by atomic mass is 10.0. The van der Waals surface area contributed by atoms with Crippen LogP contribution < -0.4 is 0 Å². The SMILES string of the molecule is O=C(c1cccc(F)c1)N1CC[C@@H]1c1nc(-c2cccnc2)no1. The Hall–Kier alpha value is -3.09. The predicted octanol–water partition coefficient (Wildman–Crippen LogP) is 2.86. The maximum absolute atomic E-state index is 13.3. The van der Waals surface area contributed by atoms with Crippen molar-refractivity contribution in [1.82, 2.24) is 20.0 Å². The molecule has 0 radical (unpaired) electrons. The standard InChI is InChI=1S/C17H13FN4O2/c18-13-5-1-3-11(9-13)17(23)22-8-6-14(22)16-20-15(21-24-16)12-4-2-7-19-10-12/h1-5,7,9-10,14H,6,8H2/t14-/m1/s1. The van der Waals surface area contributed by atoms with E-state index in [1.807, 2.05) is 6.07 Å². The lowest BCUT2D eigenvalue weighted by Crippen LogP contribution is -2.45. The molecule has 1 saturated heterocycles. The maximum atomic E-state index is 13.3. The highest BCUT2D eigenvalue weighted by atomic mass is 19.1. The Balaban J connectivity index is 1.55. The van der Waals surface area contributed by atoms with Crippen molar-refractivity contribution in [1.29, 1.82) is 0 Å². The first-order valence-electron chi connectivity index (χ1n) is 7.53. The molecule has 0 aliphatic carbocycles. The summed E-state index contributed by atoms with van der Waals surface area (Å²) in [7, 11) is 0. The number of carbonyl (C=O) groups is 1. The van der Waals surface area contributed by atoms with Gasteiger partial charge in [-0.15, -0.1) is 0 Å². The molecule has 7 heteroatoms. The second kappa shape index (κ2) is 5.84. The molecule has 1 atom stereocenters. The molecule has 24 heavy (non-hydrogen) atoms. The molecule has 1 aliphatic heterocycles. The summed E-state index contributed by atoms with van der Waals surface area (Å²) in [5.41, 5.74) is 1.06. The van der Waals surface area contributed by atoms with Crippen LogP contribution in [0.25, 0.3) is 11.4 Å². The lowest BCUT2D eigenvalue weighted by molar-refractivity contribution is 0.0378. The Morgan fingerprint density at radius 2 is 2.21 bits per heavy atom. The Kier molecular flexibility index (Phi) is 3.53. The van der Waals surface area contributed by atoms with Gasteiger partial charge in [0.2, 0.25) is 11.7 Å². The van der Waals surface area contributed by atoms with Gasteiger partial charge >= 0.3 is 0 Å². The van der Waals surface area contributed by atoms with Gasteiger partial charge in [-0.3, -0.25) is 9.78 Å². The van der Waals surface area contributed by atoms with Crippen LogP contribution in [0.2, 0.25) is 0 Å². The number of halogens is 1. The zero-order valence-corrected chi connectivity index (χ0v) is 12.6. The van der Waals surface area contributed by atoms with E-state index in [-0.39, 0.29) is 11.9 Å². The molecule has 2 aromatic heterocycles. The van der Waals surface area contributed by atoms with E-state index in [1.165, 1.54) is 18.2 Å². The largest absolute Gasteiger partial charge is 0.337 e. The van der Waals surface area contributed by atoms with E-state index in [0.717, 1.165) is 12.0 Å². The van der Waals surface area contributed by atoms with Crippen LogP contribution >= 0.6 is 0 Å². The van der Waals surface area contributed by atoms with Crippen LogP contribution in [0.1, 0.15) is 28.7 Å². The normalized spacial score (nSPS) is 16.7. The van der Waals surface area contributed by atoms with E-state index >= 15 is 0 Å². The van der Waals surface area contributed by atoms with Crippen molar-refractivity contribution in [2.45, 2.75) is 12.5 Å². The van der Waals surface area contributed by atoms with Crippen molar-refractivity contribution in [2.24, 2.45) is 0 Å². The average molecular weight is 324 g/mol. The highest BCUT2D eigenvalue weighted by Gasteiger charge is 2.38.